The SMILES string of the molecule is CN(C)Cc1ccc(N=C(c2ccc(Cl)cc2)C2C(=O)Nc3ccccc32)cc1. The van der Waals surface area contributed by atoms with E-state index in [4.69, 9.17) is 16.6 Å². The number of fused-ring (bicyclic) bond motifs is 1. The topological polar surface area (TPSA) is 44.7 Å². The first-order valence-corrected chi connectivity index (χ1v) is 9.87. The van der Waals surface area contributed by atoms with Gasteiger partial charge in [0.05, 0.1) is 11.4 Å². The summed E-state index contributed by atoms with van der Waals surface area (Å²) in [4.78, 5) is 19.9. The quantitative estimate of drug-likeness (QED) is 0.590. The highest BCUT2D eigenvalue weighted by Crippen LogP contribution is 2.36. The van der Waals surface area contributed by atoms with Crippen LogP contribution in [0.4, 0.5) is 11.4 Å². The van der Waals surface area contributed by atoms with Crippen molar-refractivity contribution in [3.8, 4) is 0 Å². The van der Waals surface area contributed by atoms with Crippen molar-refractivity contribution in [1.82, 2.24) is 4.90 Å². The molecule has 0 radical (unpaired) electrons. The summed E-state index contributed by atoms with van der Waals surface area (Å²) >= 11 is 6.08. The molecular weight excluding hydrogens is 382 g/mol. The van der Waals surface area contributed by atoms with Gasteiger partial charge < -0.3 is 10.2 Å². The zero-order valence-corrected chi connectivity index (χ0v) is 17.1. The Kier molecular flexibility index (Phi) is 5.47. The van der Waals surface area contributed by atoms with Crippen LogP contribution in [0.5, 0.6) is 0 Å². The molecule has 4 rings (SSSR count). The minimum atomic E-state index is -0.464. The maximum Gasteiger partial charge on any atom is 0.238 e. The van der Waals surface area contributed by atoms with Gasteiger partial charge in [0.2, 0.25) is 5.91 Å². The van der Waals surface area contributed by atoms with Crippen LogP contribution >= 0.6 is 11.6 Å². The average molecular weight is 404 g/mol. The summed E-state index contributed by atoms with van der Waals surface area (Å²) in [5.74, 6) is -0.530. The molecule has 3 aromatic carbocycles. The Hall–Kier alpha value is -2.95. The van der Waals surface area contributed by atoms with Crippen molar-refractivity contribution in [2.75, 3.05) is 19.4 Å². The standard InChI is InChI=1S/C24H22ClN3O/c1-28(2)15-16-7-13-19(14-8-16)26-23(17-9-11-18(25)12-10-17)22-20-5-3-4-6-21(20)27-24(22)29/h3-14,22H,15H2,1-2H3,(H,27,29). The van der Waals surface area contributed by atoms with Gasteiger partial charge in [0.25, 0.3) is 0 Å². The number of benzene rings is 3. The molecule has 0 spiro atoms. The molecule has 0 aromatic heterocycles. The molecule has 1 N–H and O–H groups in total. The van der Waals surface area contributed by atoms with E-state index in [0.29, 0.717) is 10.7 Å². The lowest BCUT2D eigenvalue weighted by Gasteiger charge is -2.14. The Bertz CT molecular complexity index is 1060. The minimum Gasteiger partial charge on any atom is -0.325 e. The van der Waals surface area contributed by atoms with Gasteiger partial charge in [0.1, 0.15) is 5.92 Å². The second-order valence-corrected chi connectivity index (χ2v) is 7.85. The average Bonchev–Trinajstić information content (AvgIpc) is 3.03. The lowest BCUT2D eigenvalue weighted by Crippen LogP contribution is -2.22. The third kappa shape index (κ3) is 4.24. The van der Waals surface area contributed by atoms with Crippen LogP contribution in [-0.2, 0) is 11.3 Å². The molecule has 29 heavy (non-hydrogen) atoms. The number of anilines is 1. The highest BCUT2D eigenvalue weighted by Gasteiger charge is 2.35. The van der Waals surface area contributed by atoms with Gasteiger partial charge in [0, 0.05) is 17.3 Å². The fourth-order valence-electron chi connectivity index (χ4n) is 3.58. The Morgan fingerprint density at radius 3 is 2.38 bits per heavy atom. The number of nitrogens with zero attached hydrogens (tertiary/aromatic N) is 2. The van der Waals surface area contributed by atoms with E-state index in [0.717, 1.165) is 29.0 Å². The van der Waals surface area contributed by atoms with Crippen molar-refractivity contribution in [2.24, 2.45) is 4.99 Å². The highest BCUT2D eigenvalue weighted by molar-refractivity contribution is 6.31. The molecule has 1 aliphatic heterocycles. The molecular formula is C24H22ClN3O. The van der Waals surface area contributed by atoms with Gasteiger partial charge in [-0.1, -0.05) is 54.1 Å². The smallest absolute Gasteiger partial charge is 0.238 e. The molecule has 1 unspecified atom stereocenters. The van der Waals surface area contributed by atoms with Gasteiger partial charge in [-0.2, -0.15) is 0 Å². The second kappa shape index (κ2) is 8.19. The summed E-state index contributed by atoms with van der Waals surface area (Å²) < 4.78 is 0. The summed E-state index contributed by atoms with van der Waals surface area (Å²) in [7, 11) is 4.09. The van der Waals surface area contributed by atoms with Crippen molar-refractivity contribution >= 4 is 34.6 Å². The first-order chi connectivity index (χ1) is 14.0. The zero-order chi connectivity index (χ0) is 20.4. The van der Waals surface area contributed by atoms with E-state index < -0.39 is 5.92 Å². The summed E-state index contributed by atoms with van der Waals surface area (Å²) in [6.07, 6.45) is 0. The summed E-state index contributed by atoms with van der Waals surface area (Å²) in [5.41, 5.74) is 5.40. The molecule has 1 aliphatic rings. The van der Waals surface area contributed by atoms with E-state index >= 15 is 0 Å². The van der Waals surface area contributed by atoms with Crippen molar-refractivity contribution in [3.05, 3.63) is 94.5 Å². The van der Waals surface area contributed by atoms with Crippen LogP contribution in [0.25, 0.3) is 0 Å². The van der Waals surface area contributed by atoms with Crippen LogP contribution in [0.15, 0.2) is 77.8 Å². The van der Waals surface area contributed by atoms with Gasteiger partial charge in [0.15, 0.2) is 0 Å². The number of nitrogens with one attached hydrogen (secondary N) is 1. The van der Waals surface area contributed by atoms with Crippen LogP contribution in [0.3, 0.4) is 0 Å². The highest BCUT2D eigenvalue weighted by atomic mass is 35.5. The molecule has 0 aliphatic carbocycles. The van der Waals surface area contributed by atoms with Crippen molar-refractivity contribution < 1.29 is 4.79 Å². The number of hydrogen-bond donors (Lipinski definition) is 1. The number of aliphatic imine (C=N–C) groups is 1. The molecule has 4 nitrogen and oxygen atoms in total. The number of rotatable bonds is 5. The summed E-state index contributed by atoms with van der Waals surface area (Å²) in [6.45, 7) is 0.868. The molecule has 0 bridgehead atoms. The van der Waals surface area contributed by atoms with Gasteiger partial charge in [-0.25, -0.2) is 0 Å². The molecule has 1 atom stereocenters. The van der Waals surface area contributed by atoms with Gasteiger partial charge in [-0.3, -0.25) is 9.79 Å². The zero-order valence-electron chi connectivity index (χ0n) is 16.4. The van der Waals surface area contributed by atoms with Crippen molar-refractivity contribution in [1.29, 1.82) is 0 Å². The third-order valence-corrected chi connectivity index (χ3v) is 5.14. The molecule has 146 valence electrons. The second-order valence-electron chi connectivity index (χ2n) is 7.42. The number of hydrogen-bond acceptors (Lipinski definition) is 3. The molecule has 0 saturated carbocycles. The molecule has 0 saturated heterocycles. The van der Waals surface area contributed by atoms with E-state index in [2.05, 4.69) is 22.3 Å². The predicted octanol–water partition coefficient (Wildman–Crippen LogP) is 5.26. The fraction of sp³-hybridized carbons (Fsp3) is 0.167. The Morgan fingerprint density at radius 2 is 1.69 bits per heavy atom. The molecule has 3 aromatic rings. The first kappa shape index (κ1) is 19.4. The normalized spacial score (nSPS) is 16.1. The number of halogens is 1. The number of para-hydroxylation sites is 1. The molecule has 1 amide bonds. The predicted molar refractivity (Wildman–Crippen MR) is 119 cm³/mol. The lowest BCUT2D eigenvalue weighted by molar-refractivity contribution is -0.115. The van der Waals surface area contributed by atoms with Crippen LogP contribution in [0.1, 0.15) is 22.6 Å². The van der Waals surface area contributed by atoms with E-state index in [1.165, 1.54) is 5.56 Å². The molecule has 1 heterocycles. The van der Waals surface area contributed by atoms with Crippen LogP contribution < -0.4 is 5.32 Å². The van der Waals surface area contributed by atoms with Gasteiger partial charge in [-0.05, 0) is 61.1 Å². The molecule has 0 fully saturated rings. The number of amides is 1. The third-order valence-electron chi connectivity index (χ3n) is 4.89. The van der Waals surface area contributed by atoms with E-state index in [-0.39, 0.29) is 5.91 Å². The van der Waals surface area contributed by atoms with Crippen molar-refractivity contribution in [3.63, 3.8) is 0 Å². The van der Waals surface area contributed by atoms with Gasteiger partial charge in [-0.15, -0.1) is 0 Å². The van der Waals surface area contributed by atoms with Crippen LogP contribution in [0, 0.1) is 0 Å². The van der Waals surface area contributed by atoms with E-state index in [1.807, 2.05) is 74.8 Å². The summed E-state index contributed by atoms with van der Waals surface area (Å²) in [5, 5.41) is 3.62. The Balaban J connectivity index is 1.78. The minimum absolute atomic E-state index is 0.0656. The maximum absolute atomic E-state index is 12.9. The Labute approximate surface area is 175 Å². The lowest BCUT2D eigenvalue weighted by atomic mass is 9.90. The van der Waals surface area contributed by atoms with Crippen molar-refractivity contribution in [2.45, 2.75) is 12.5 Å². The van der Waals surface area contributed by atoms with E-state index in [9.17, 15) is 4.79 Å². The first-order valence-electron chi connectivity index (χ1n) is 9.49. The maximum atomic E-state index is 12.9. The molecule has 5 heteroatoms. The van der Waals surface area contributed by atoms with Crippen LogP contribution in [-0.4, -0.2) is 30.6 Å². The summed E-state index contributed by atoms with van der Waals surface area (Å²) in [6, 6.07) is 23.4. The van der Waals surface area contributed by atoms with Gasteiger partial charge >= 0.3 is 0 Å². The monoisotopic (exact) mass is 403 g/mol. The largest absolute Gasteiger partial charge is 0.325 e. The number of carbonyl (C=O) groups is 1. The fourth-order valence-corrected chi connectivity index (χ4v) is 3.70. The number of carbonyl (C=O) groups excluding carboxylic acids is 1. The van der Waals surface area contributed by atoms with Crippen LogP contribution in [0.2, 0.25) is 5.02 Å². The Morgan fingerprint density at radius 1 is 1.00 bits per heavy atom. The van der Waals surface area contributed by atoms with E-state index in [1.54, 1.807) is 0 Å².